The zero-order valence-electron chi connectivity index (χ0n) is 10.9. The molecule has 1 saturated heterocycles. The Morgan fingerprint density at radius 3 is 2.58 bits per heavy atom. The van der Waals surface area contributed by atoms with E-state index in [-0.39, 0.29) is 0 Å². The lowest BCUT2D eigenvalue weighted by Gasteiger charge is -2.35. The van der Waals surface area contributed by atoms with Crippen LogP contribution in [0.15, 0.2) is 36.4 Å². The topological polar surface area (TPSA) is 19.4 Å². The van der Waals surface area contributed by atoms with Gasteiger partial charge in [0, 0.05) is 44.0 Å². The summed E-state index contributed by atoms with van der Waals surface area (Å²) in [5.74, 6) is 1.80. The van der Waals surface area contributed by atoms with Gasteiger partial charge < -0.3 is 4.90 Å². The molecule has 0 saturated carbocycles. The van der Waals surface area contributed by atoms with E-state index in [9.17, 15) is 0 Å². The zero-order chi connectivity index (χ0) is 13.1. The second kappa shape index (κ2) is 5.76. The van der Waals surface area contributed by atoms with Crippen molar-refractivity contribution in [3.05, 3.63) is 36.4 Å². The molecule has 0 atom stereocenters. The van der Waals surface area contributed by atoms with Gasteiger partial charge >= 0.3 is 0 Å². The number of nitrogens with zero attached hydrogens (tertiary/aromatic N) is 3. The van der Waals surface area contributed by atoms with Gasteiger partial charge in [-0.25, -0.2) is 4.98 Å². The first-order valence-electron chi connectivity index (χ1n) is 6.76. The van der Waals surface area contributed by atoms with Crippen molar-refractivity contribution >= 4 is 28.3 Å². The lowest BCUT2D eigenvalue weighted by molar-refractivity contribution is 0.272. The predicted octanol–water partition coefficient (Wildman–Crippen LogP) is 2.60. The number of piperazine rings is 1. The molecule has 4 heteroatoms. The summed E-state index contributed by atoms with van der Waals surface area (Å²) < 4.78 is 0. The molecule has 3 rings (SSSR count). The first kappa shape index (κ1) is 12.7. The molecule has 1 aliphatic heterocycles. The summed E-state index contributed by atoms with van der Waals surface area (Å²) in [5, 5.41) is 1.20. The third-order valence-electron chi connectivity index (χ3n) is 3.68. The highest BCUT2D eigenvalue weighted by Crippen LogP contribution is 2.19. The molecule has 0 bridgehead atoms. The Morgan fingerprint density at radius 1 is 1.00 bits per heavy atom. The summed E-state index contributed by atoms with van der Waals surface area (Å²) in [6.07, 6.45) is 0. The van der Waals surface area contributed by atoms with Gasteiger partial charge in [-0.15, -0.1) is 11.6 Å². The van der Waals surface area contributed by atoms with E-state index in [2.05, 4.69) is 40.1 Å². The molecule has 0 unspecified atom stereocenters. The molecule has 0 radical (unpaired) electrons. The first-order valence-corrected chi connectivity index (χ1v) is 7.29. The van der Waals surface area contributed by atoms with E-state index in [1.807, 2.05) is 6.07 Å². The predicted molar refractivity (Wildman–Crippen MR) is 81.1 cm³/mol. The number of hydrogen-bond acceptors (Lipinski definition) is 3. The Balaban J connectivity index is 1.74. The standard InChI is InChI=1S/C15H18ClN3/c16-7-8-18-9-11-19(12-10-18)15-6-5-13-3-1-2-4-14(13)17-15/h1-6H,7-12H2. The third-order valence-corrected chi connectivity index (χ3v) is 3.85. The molecule has 1 fully saturated rings. The lowest BCUT2D eigenvalue weighted by atomic mass is 10.2. The summed E-state index contributed by atoms with van der Waals surface area (Å²) in [7, 11) is 0. The molecule has 0 amide bonds. The maximum absolute atomic E-state index is 5.79. The van der Waals surface area contributed by atoms with Crippen molar-refractivity contribution in [2.75, 3.05) is 43.5 Å². The molecule has 2 heterocycles. The molecule has 1 aromatic heterocycles. The van der Waals surface area contributed by atoms with Crippen molar-refractivity contribution in [1.82, 2.24) is 9.88 Å². The number of pyridine rings is 1. The minimum Gasteiger partial charge on any atom is -0.354 e. The van der Waals surface area contributed by atoms with Crippen LogP contribution in [0.2, 0.25) is 0 Å². The number of anilines is 1. The highest BCUT2D eigenvalue weighted by Gasteiger charge is 2.17. The van der Waals surface area contributed by atoms with Crippen LogP contribution in [0.5, 0.6) is 0 Å². The quantitative estimate of drug-likeness (QED) is 0.803. The summed E-state index contributed by atoms with van der Waals surface area (Å²) in [5.41, 5.74) is 1.07. The fraction of sp³-hybridized carbons (Fsp3) is 0.400. The SMILES string of the molecule is ClCCN1CCN(c2ccc3ccccc3n2)CC1. The Hall–Kier alpha value is -1.32. The number of benzene rings is 1. The van der Waals surface area contributed by atoms with Gasteiger partial charge in [0.15, 0.2) is 0 Å². The molecule has 0 aliphatic carbocycles. The summed E-state index contributed by atoms with van der Waals surface area (Å²) >= 11 is 5.79. The maximum atomic E-state index is 5.79. The molecule has 19 heavy (non-hydrogen) atoms. The van der Waals surface area contributed by atoms with Gasteiger partial charge in [-0.1, -0.05) is 18.2 Å². The normalized spacial score (nSPS) is 17.0. The Bertz CT molecular complexity index is 550. The van der Waals surface area contributed by atoms with E-state index in [1.165, 1.54) is 5.39 Å². The van der Waals surface area contributed by atoms with Crippen LogP contribution in [0, 0.1) is 0 Å². The van der Waals surface area contributed by atoms with Crippen LogP contribution in [-0.4, -0.2) is 48.5 Å². The Kier molecular flexibility index (Phi) is 3.85. The van der Waals surface area contributed by atoms with Gasteiger partial charge in [-0.3, -0.25) is 4.90 Å². The van der Waals surface area contributed by atoms with Crippen molar-refractivity contribution in [3.8, 4) is 0 Å². The molecule has 0 N–H and O–H groups in total. The van der Waals surface area contributed by atoms with Gasteiger partial charge in [-0.2, -0.15) is 0 Å². The average molecular weight is 276 g/mol. The van der Waals surface area contributed by atoms with E-state index in [1.54, 1.807) is 0 Å². The van der Waals surface area contributed by atoms with Crippen LogP contribution in [0.25, 0.3) is 10.9 Å². The maximum Gasteiger partial charge on any atom is 0.129 e. The van der Waals surface area contributed by atoms with E-state index in [0.717, 1.165) is 44.1 Å². The van der Waals surface area contributed by atoms with E-state index in [4.69, 9.17) is 16.6 Å². The molecule has 0 spiro atoms. The first-order chi connectivity index (χ1) is 9.36. The summed E-state index contributed by atoms with van der Waals surface area (Å²) in [4.78, 5) is 9.52. The number of para-hydroxylation sites is 1. The van der Waals surface area contributed by atoms with Crippen molar-refractivity contribution in [2.24, 2.45) is 0 Å². The van der Waals surface area contributed by atoms with Gasteiger partial charge in [0.2, 0.25) is 0 Å². The van der Waals surface area contributed by atoms with Crippen LogP contribution in [0.4, 0.5) is 5.82 Å². The highest BCUT2D eigenvalue weighted by molar-refractivity contribution is 6.18. The minimum atomic E-state index is 0.716. The van der Waals surface area contributed by atoms with Crippen LogP contribution in [0.1, 0.15) is 0 Å². The van der Waals surface area contributed by atoms with Gasteiger partial charge in [0.05, 0.1) is 5.52 Å². The highest BCUT2D eigenvalue weighted by atomic mass is 35.5. The fourth-order valence-electron chi connectivity index (χ4n) is 2.55. The number of rotatable bonds is 3. The smallest absolute Gasteiger partial charge is 0.129 e. The zero-order valence-corrected chi connectivity index (χ0v) is 11.7. The molecule has 1 aromatic carbocycles. The molecular formula is C15H18ClN3. The van der Waals surface area contributed by atoms with Crippen LogP contribution in [-0.2, 0) is 0 Å². The van der Waals surface area contributed by atoms with Crippen LogP contribution in [0.3, 0.4) is 0 Å². The van der Waals surface area contributed by atoms with Gasteiger partial charge in [-0.05, 0) is 18.2 Å². The van der Waals surface area contributed by atoms with Gasteiger partial charge in [0.1, 0.15) is 5.82 Å². The second-order valence-electron chi connectivity index (χ2n) is 4.88. The molecule has 3 nitrogen and oxygen atoms in total. The number of halogens is 1. The van der Waals surface area contributed by atoms with Gasteiger partial charge in [0.25, 0.3) is 0 Å². The molecule has 100 valence electrons. The lowest BCUT2D eigenvalue weighted by Crippen LogP contribution is -2.47. The largest absolute Gasteiger partial charge is 0.354 e. The Labute approximate surface area is 118 Å². The van der Waals surface area contributed by atoms with Crippen molar-refractivity contribution in [3.63, 3.8) is 0 Å². The summed E-state index contributed by atoms with van der Waals surface area (Å²) in [6.45, 7) is 5.19. The van der Waals surface area contributed by atoms with E-state index in [0.29, 0.717) is 5.88 Å². The fourth-order valence-corrected chi connectivity index (χ4v) is 2.79. The number of alkyl halides is 1. The third kappa shape index (κ3) is 2.82. The monoisotopic (exact) mass is 275 g/mol. The van der Waals surface area contributed by atoms with Crippen LogP contribution >= 0.6 is 11.6 Å². The Morgan fingerprint density at radius 2 is 1.79 bits per heavy atom. The van der Waals surface area contributed by atoms with E-state index >= 15 is 0 Å². The molecule has 1 aliphatic rings. The number of aromatic nitrogens is 1. The second-order valence-corrected chi connectivity index (χ2v) is 5.26. The minimum absolute atomic E-state index is 0.716. The van der Waals surface area contributed by atoms with Crippen molar-refractivity contribution in [2.45, 2.75) is 0 Å². The summed E-state index contributed by atoms with van der Waals surface area (Å²) in [6, 6.07) is 12.5. The number of fused-ring (bicyclic) bond motifs is 1. The molecular weight excluding hydrogens is 258 g/mol. The average Bonchev–Trinajstić information content (AvgIpc) is 2.48. The molecule has 2 aromatic rings. The number of hydrogen-bond donors (Lipinski definition) is 0. The van der Waals surface area contributed by atoms with Crippen molar-refractivity contribution in [1.29, 1.82) is 0 Å². The van der Waals surface area contributed by atoms with Crippen LogP contribution < -0.4 is 4.90 Å². The van der Waals surface area contributed by atoms with Crippen molar-refractivity contribution < 1.29 is 0 Å². The van der Waals surface area contributed by atoms with E-state index < -0.39 is 0 Å².